The summed E-state index contributed by atoms with van der Waals surface area (Å²) < 4.78 is 6.96. The van der Waals surface area contributed by atoms with Gasteiger partial charge >= 0.3 is 0 Å². The topological polar surface area (TPSA) is 51.4 Å². The molecule has 0 saturated heterocycles. The summed E-state index contributed by atoms with van der Waals surface area (Å²) in [6.45, 7) is 2.10. The molecule has 0 saturated carbocycles. The monoisotopic (exact) mass is 395 g/mol. The normalized spacial score (nSPS) is 10.4. The fraction of sp³-hybridized carbons (Fsp3) is 0.455. The Kier molecular flexibility index (Phi) is 7.06. The third kappa shape index (κ3) is 5.17. The highest BCUT2D eigenvalue weighted by Crippen LogP contribution is 2.26. The Morgan fingerprint density at radius 2 is 2.22 bits per heavy atom. The number of pyridine rings is 1. The van der Waals surface area contributed by atoms with E-state index >= 15 is 0 Å². The molecule has 0 fully saturated rings. The molecule has 1 rings (SSSR count). The van der Waals surface area contributed by atoms with Crippen LogP contribution in [-0.2, 0) is 4.74 Å². The lowest BCUT2D eigenvalue weighted by Crippen LogP contribution is -2.31. The molecular weight excluding hydrogens is 382 g/mol. The van der Waals surface area contributed by atoms with Crippen LogP contribution in [0.5, 0.6) is 0 Å². The molecule has 1 heterocycles. The molecular formula is C11H15Br2N3OS. The van der Waals surface area contributed by atoms with Gasteiger partial charge in [-0.2, -0.15) is 0 Å². The van der Waals surface area contributed by atoms with Crippen LogP contribution in [0.2, 0.25) is 0 Å². The maximum atomic E-state index is 5.54. The minimum atomic E-state index is 0.505. The van der Waals surface area contributed by atoms with Crippen molar-refractivity contribution in [3.8, 4) is 0 Å². The second-order valence-electron chi connectivity index (χ2n) is 3.66. The van der Waals surface area contributed by atoms with Gasteiger partial charge in [0.2, 0.25) is 0 Å². The second-order valence-corrected chi connectivity index (χ2v) is 5.95. The predicted molar refractivity (Wildman–Crippen MR) is 85.1 cm³/mol. The van der Waals surface area contributed by atoms with Crippen LogP contribution in [0.25, 0.3) is 0 Å². The Hall–Kier alpha value is -0.240. The number of methoxy groups -OCH3 is 1. The second kappa shape index (κ2) is 8.04. The van der Waals surface area contributed by atoms with Crippen molar-refractivity contribution in [3.05, 3.63) is 21.2 Å². The fourth-order valence-electron chi connectivity index (χ4n) is 1.41. The molecule has 0 aliphatic carbocycles. The molecule has 0 spiro atoms. The van der Waals surface area contributed by atoms with Crippen LogP contribution in [0.3, 0.4) is 0 Å². The van der Waals surface area contributed by atoms with Crippen molar-refractivity contribution >= 4 is 54.9 Å². The molecule has 100 valence electrons. The molecule has 0 radical (unpaired) electrons. The lowest BCUT2D eigenvalue weighted by molar-refractivity contribution is 0.205. The fourth-order valence-corrected chi connectivity index (χ4v) is 2.74. The maximum absolute atomic E-state index is 5.54. The number of nitrogens with zero attached hydrogens (tertiary/aromatic N) is 2. The van der Waals surface area contributed by atoms with Crippen LogP contribution in [-0.4, -0.2) is 36.8 Å². The standard InChI is InChI=1S/C11H15Br2N3OS/c1-17-5-4-16(3-2-10(14)18)11-9(13)6-8(12)7-15-11/h6-7H,2-5H2,1H3,(H2,14,18). The Bertz CT molecular complexity index is 417. The predicted octanol–water partition coefficient (Wildman–Crippen LogP) is 2.74. The van der Waals surface area contributed by atoms with Gasteiger partial charge < -0.3 is 15.4 Å². The average molecular weight is 397 g/mol. The van der Waals surface area contributed by atoms with Crippen LogP contribution >= 0.6 is 44.1 Å². The van der Waals surface area contributed by atoms with Gasteiger partial charge in [0.15, 0.2) is 0 Å². The van der Waals surface area contributed by atoms with E-state index in [9.17, 15) is 0 Å². The molecule has 0 unspecified atom stereocenters. The van der Waals surface area contributed by atoms with Gasteiger partial charge in [0.25, 0.3) is 0 Å². The highest BCUT2D eigenvalue weighted by atomic mass is 79.9. The lowest BCUT2D eigenvalue weighted by atomic mass is 10.3. The first-order valence-corrected chi connectivity index (χ1v) is 7.37. The maximum Gasteiger partial charge on any atom is 0.143 e. The molecule has 18 heavy (non-hydrogen) atoms. The number of ether oxygens (including phenoxy) is 1. The largest absolute Gasteiger partial charge is 0.393 e. The van der Waals surface area contributed by atoms with Crippen LogP contribution in [0.4, 0.5) is 5.82 Å². The van der Waals surface area contributed by atoms with Gasteiger partial charge in [-0.15, -0.1) is 0 Å². The van der Waals surface area contributed by atoms with Crippen molar-refractivity contribution in [2.24, 2.45) is 5.73 Å². The molecule has 0 atom stereocenters. The zero-order chi connectivity index (χ0) is 13.5. The van der Waals surface area contributed by atoms with Crippen molar-refractivity contribution < 1.29 is 4.74 Å². The zero-order valence-electron chi connectivity index (χ0n) is 10.0. The molecule has 1 aromatic heterocycles. The summed E-state index contributed by atoms with van der Waals surface area (Å²) in [5.74, 6) is 0.867. The summed E-state index contributed by atoms with van der Waals surface area (Å²) in [4.78, 5) is 7.00. The number of nitrogens with two attached hydrogens (primary N) is 1. The van der Waals surface area contributed by atoms with Crippen molar-refractivity contribution in [1.29, 1.82) is 0 Å². The first-order valence-electron chi connectivity index (χ1n) is 5.38. The summed E-state index contributed by atoms with van der Waals surface area (Å²) in [5, 5.41) is 0. The molecule has 0 aromatic carbocycles. The van der Waals surface area contributed by atoms with Gasteiger partial charge in [-0.3, -0.25) is 0 Å². The number of hydrogen-bond donors (Lipinski definition) is 1. The number of thiocarbonyl (C=S) groups is 1. The molecule has 7 heteroatoms. The number of aromatic nitrogens is 1. The summed E-state index contributed by atoms with van der Waals surface area (Å²) in [5.41, 5.74) is 5.54. The van der Waals surface area contributed by atoms with E-state index in [2.05, 4.69) is 41.7 Å². The third-order valence-electron chi connectivity index (χ3n) is 2.28. The molecule has 1 aromatic rings. The molecule has 0 aliphatic rings. The molecule has 0 bridgehead atoms. The van der Waals surface area contributed by atoms with E-state index in [0.717, 1.165) is 27.9 Å². The highest BCUT2D eigenvalue weighted by molar-refractivity contribution is 9.11. The SMILES string of the molecule is COCCN(CCC(N)=S)c1ncc(Br)cc1Br. The minimum Gasteiger partial charge on any atom is -0.393 e. The molecule has 4 nitrogen and oxygen atoms in total. The van der Waals surface area contributed by atoms with Gasteiger partial charge in [0.1, 0.15) is 5.82 Å². The van der Waals surface area contributed by atoms with E-state index in [4.69, 9.17) is 22.7 Å². The Morgan fingerprint density at radius 1 is 1.50 bits per heavy atom. The van der Waals surface area contributed by atoms with Gasteiger partial charge in [-0.1, -0.05) is 12.2 Å². The van der Waals surface area contributed by atoms with Crippen molar-refractivity contribution in [1.82, 2.24) is 4.98 Å². The van der Waals surface area contributed by atoms with Crippen molar-refractivity contribution in [2.45, 2.75) is 6.42 Å². The number of halogens is 2. The van der Waals surface area contributed by atoms with Gasteiger partial charge in [0, 0.05) is 37.3 Å². The van der Waals surface area contributed by atoms with Crippen molar-refractivity contribution in [3.63, 3.8) is 0 Å². The van der Waals surface area contributed by atoms with Gasteiger partial charge in [-0.05, 0) is 37.9 Å². The molecule has 0 aliphatic heterocycles. The first kappa shape index (κ1) is 15.8. The Balaban J connectivity index is 2.82. The van der Waals surface area contributed by atoms with Crippen LogP contribution < -0.4 is 10.6 Å². The van der Waals surface area contributed by atoms with Crippen molar-refractivity contribution in [2.75, 3.05) is 31.7 Å². The van der Waals surface area contributed by atoms with Gasteiger partial charge in [-0.25, -0.2) is 4.98 Å². The Labute approximate surface area is 129 Å². The van der Waals surface area contributed by atoms with E-state index in [1.807, 2.05) is 6.07 Å². The van der Waals surface area contributed by atoms with Crippen LogP contribution in [0, 0.1) is 0 Å². The number of hydrogen-bond acceptors (Lipinski definition) is 4. The minimum absolute atomic E-state index is 0.505. The number of rotatable bonds is 7. The number of anilines is 1. The zero-order valence-corrected chi connectivity index (χ0v) is 14.0. The Morgan fingerprint density at radius 3 is 2.78 bits per heavy atom. The van der Waals surface area contributed by atoms with E-state index in [-0.39, 0.29) is 0 Å². The molecule has 2 N–H and O–H groups in total. The molecule has 0 amide bonds. The summed E-state index contributed by atoms with van der Waals surface area (Å²) in [7, 11) is 1.68. The highest BCUT2D eigenvalue weighted by Gasteiger charge is 2.12. The summed E-state index contributed by atoms with van der Waals surface area (Å²) in [6.07, 6.45) is 2.42. The summed E-state index contributed by atoms with van der Waals surface area (Å²) in [6, 6.07) is 1.96. The van der Waals surface area contributed by atoms with E-state index in [1.165, 1.54) is 0 Å². The van der Waals surface area contributed by atoms with E-state index < -0.39 is 0 Å². The smallest absolute Gasteiger partial charge is 0.143 e. The average Bonchev–Trinajstić information content (AvgIpc) is 2.30. The van der Waals surface area contributed by atoms with E-state index in [1.54, 1.807) is 13.3 Å². The first-order chi connectivity index (χ1) is 8.54. The van der Waals surface area contributed by atoms with Crippen LogP contribution in [0.15, 0.2) is 21.2 Å². The van der Waals surface area contributed by atoms with E-state index in [0.29, 0.717) is 18.0 Å². The van der Waals surface area contributed by atoms with Crippen LogP contribution in [0.1, 0.15) is 6.42 Å². The summed E-state index contributed by atoms with van der Waals surface area (Å²) >= 11 is 11.8. The lowest BCUT2D eigenvalue weighted by Gasteiger charge is -2.24. The van der Waals surface area contributed by atoms with Gasteiger partial charge in [0.05, 0.1) is 16.1 Å². The quantitative estimate of drug-likeness (QED) is 0.718. The third-order valence-corrected chi connectivity index (χ3v) is 3.50.